The Labute approximate surface area is 105 Å². The van der Waals surface area contributed by atoms with Gasteiger partial charge in [-0.2, -0.15) is 5.10 Å². The van der Waals surface area contributed by atoms with E-state index in [0.717, 1.165) is 17.1 Å². The number of rotatable bonds is 3. The molecule has 0 fully saturated rings. The number of nitrogens with one attached hydrogen (secondary N) is 1. The minimum Gasteiger partial charge on any atom is -0.322 e. The number of amides is 1. The van der Waals surface area contributed by atoms with Crippen LogP contribution in [0.3, 0.4) is 0 Å². The summed E-state index contributed by atoms with van der Waals surface area (Å²) in [6.07, 6.45) is 0. The fraction of sp³-hybridized carbons (Fsp3) is 0.636. The standard InChI is InChI=1S/C11H18BrN3O/c1-6(2)9(12)11(16)13-10-7(3)14-15(5)8(10)4/h6,9H,1-5H3,(H,13,16). The van der Waals surface area contributed by atoms with E-state index >= 15 is 0 Å². The number of carbonyl (C=O) groups excluding carboxylic acids is 1. The molecule has 0 aromatic carbocycles. The van der Waals surface area contributed by atoms with Crippen LogP contribution in [0.5, 0.6) is 0 Å². The van der Waals surface area contributed by atoms with Gasteiger partial charge in [0.2, 0.25) is 5.91 Å². The molecule has 16 heavy (non-hydrogen) atoms. The van der Waals surface area contributed by atoms with Crippen LogP contribution in [0.1, 0.15) is 25.2 Å². The van der Waals surface area contributed by atoms with Gasteiger partial charge in [0.1, 0.15) is 0 Å². The molecule has 4 nitrogen and oxygen atoms in total. The van der Waals surface area contributed by atoms with E-state index in [-0.39, 0.29) is 16.7 Å². The molecule has 1 aromatic heterocycles. The first-order valence-electron chi connectivity index (χ1n) is 5.29. The van der Waals surface area contributed by atoms with Gasteiger partial charge < -0.3 is 5.32 Å². The van der Waals surface area contributed by atoms with Crippen molar-refractivity contribution < 1.29 is 4.79 Å². The van der Waals surface area contributed by atoms with Crippen LogP contribution in [0.25, 0.3) is 0 Å². The van der Waals surface area contributed by atoms with Gasteiger partial charge in [0.05, 0.1) is 21.9 Å². The molecule has 0 aliphatic rings. The Morgan fingerprint density at radius 3 is 2.38 bits per heavy atom. The number of alkyl halides is 1. The van der Waals surface area contributed by atoms with Crippen molar-refractivity contribution in [2.24, 2.45) is 13.0 Å². The van der Waals surface area contributed by atoms with Gasteiger partial charge in [0.15, 0.2) is 0 Å². The fourth-order valence-electron chi connectivity index (χ4n) is 1.45. The smallest absolute Gasteiger partial charge is 0.238 e. The zero-order chi connectivity index (χ0) is 12.5. The fourth-order valence-corrected chi connectivity index (χ4v) is 1.56. The van der Waals surface area contributed by atoms with Crippen molar-refractivity contribution in [3.63, 3.8) is 0 Å². The maximum Gasteiger partial charge on any atom is 0.238 e. The molecule has 5 heteroatoms. The van der Waals surface area contributed by atoms with Crippen LogP contribution in [0, 0.1) is 19.8 Å². The Morgan fingerprint density at radius 1 is 1.44 bits per heavy atom. The molecule has 1 unspecified atom stereocenters. The first-order chi connectivity index (χ1) is 7.34. The lowest BCUT2D eigenvalue weighted by molar-refractivity contribution is -0.116. The second-order valence-electron chi connectivity index (χ2n) is 4.30. The van der Waals surface area contributed by atoms with Crippen molar-refractivity contribution >= 4 is 27.5 Å². The van der Waals surface area contributed by atoms with E-state index < -0.39 is 0 Å². The van der Waals surface area contributed by atoms with Crippen molar-refractivity contribution in [1.82, 2.24) is 9.78 Å². The van der Waals surface area contributed by atoms with Crippen LogP contribution < -0.4 is 5.32 Å². The monoisotopic (exact) mass is 287 g/mol. The molecule has 1 aromatic rings. The van der Waals surface area contributed by atoms with Gasteiger partial charge in [0.25, 0.3) is 0 Å². The van der Waals surface area contributed by atoms with Crippen LogP contribution >= 0.6 is 15.9 Å². The zero-order valence-corrected chi connectivity index (χ0v) is 11.9. The molecule has 1 heterocycles. The van der Waals surface area contributed by atoms with Crippen molar-refractivity contribution in [1.29, 1.82) is 0 Å². The number of hydrogen-bond donors (Lipinski definition) is 1. The summed E-state index contributed by atoms with van der Waals surface area (Å²) in [6, 6.07) is 0. The highest BCUT2D eigenvalue weighted by atomic mass is 79.9. The third-order valence-electron chi connectivity index (χ3n) is 2.59. The Balaban J connectivity index is 2.85. The summed E-state index contributed by atoms with van der Waals surface area (Å²) in [5, 5.41) is 7.17. The zero-order valence-electron chi connectivity index (χ0n) is 10.3. The van der Waals surface area contributed by atoms with E-state index in [2.05, 4.69) is 26.3 Å². The summed E-state index contributed by atoms with van der Waals surface area (Å²) in [5.41, 5.74) is 2.63. The number of carbonyl (C=O) groups is 1. The van der Waals surface area contributed by atoms with Crippen LogP contribution in [0.2, 0.25) is 0 Å². The van der Waals surface area contributed by atoms with E-state index in [1.54, 1.807) is 4.68 Å². The van der Waals surface area contributed by atoms with E-state index in [4.69, 9.17) is 0 Å². The maximum atomic E-state index is 11.9. The lowest BCUT2D eigenvalue weighted by Crippen LogP contribution is -2.27. The Kier molecular flexibility index (Phi) is 4.13. The lowest BCUT2D eigenvalue weighted by Gasteiger charge is -2.13. The molecule has 0 saturated carbocycles. The lowest BCUT2D eigenvalue weighted by atomic mass is 10.1. The second kappa shape index (κ2) is 4.99. The topological polar surface area (TPSA) is 46.9 Å². The van der Waals surface area contributed by atoms with Crippen molar-refractivity contribution in [2.45, 2.75) is 32.5 Å². The van der Waals surface area contributed by atoms with Gasteiger partial charge in [-0.1, -0.05) is 29.8 Å². The Bertz CT molecular complexity index is 398. The summed E-state index contributed by atoms with van der Waals surface area (Å²) >= 11 is 3.38. The molecule has 90 valence electrons. The minimum atomic E-state index is -0.175. The van der Waals surface area contributed by atoms with Crippen LogP contribution in [0.4, 0.5) is 5.69 Å². The summed E-state index contributed by atoms with van der Waals surface area (Å²) < 4.78 is 1.77. The molecule has 0 aliphatic heterocycles. The highest BCUT2D eigenvalue weighted by molar-refractivity contribution is 9.10. The first kappa shape index (κ1) is 13.2. The minimum absolute atomic E-state index is 0.0193. The molecule has 1 atom stereocenters. The summed E-state index contributed by atoms with van der Waals surface area (Å²) in [7, 11) is 1.87. The van der Waals surface area contributed by atoms with Gasteiger partial charge in [-0.3, -0.25) is 9.48 Å². The normalized spacial score (nSPS) is 12.9. The molecule has 1 rings (SSSR count). The van der Waals surface area contributed by atoms with E-state index in [0.29, 0.717) is 0 Å². The van der Waals surface area contributed by atoms with E-state index in [1.807, 2.05) is 34.7 Å². The average molecular weight is 288 g/mol. The van der Waals surface area contributed by atoms with Gasteiger partial charge in [-0.05, 0) is 19.8 Å². The first-order valence-corrected chi connectivity index (χ1v) is 6.21. The number of hydrogen-bond acceptors (Lipinski definition) is 2. The van der Waals surface area contributed by atoms with Crippen molar-refractivity contribution in [2.75, 3.05) is 5.32 Å². The van der Waals surface area contributed by atoms with Gasteiger partial charge in [-0.15, -0.1) is 0 Å². The molecule has 1 N–H and O–H groups in total. The largest absolute Gasteiger partial charge is 0.322 e. The maximum absolute atomic E-state index is 11.9. The molecule has 0 aliphatic carbocycles. The Morgan fingerprint density at radius 2 is 2.00 bits per heavy atom. The SMILES string of the molecule is Cc1nn(C)c(C)c1NC(=O)C(Br)C(C)C. The number of halogens is 1. The summed E-state index contributed by atoms with van der Waals surface area (Å²) in [5.74, 6) is 0.242. The number of anilines is 1. The van der Waals surface area contributed by atoms with Gasteiger partial charge >= 0.3 is 0 Å². The molecule has 0 bridgehead atoms. The average Bonchev–Trinajstić information content (AvgIpc) is 2.43. The molecule has 0 radical (unpaired) electrons. The Hall–Kier alpha value is -0.840. The summed E-state index contributed by atoms with van der Waals surface area (Å²) in [4.78, 5) is 11.7. The number of aromatic nitrogens is 2. The number of nitrogens with zero attached hydrogens (tertiary/aromatic N) is 2. The molecular weight excluding hydrogens is 270 g/mol. The van der Waals surface area contributed by atoms with E-state index in [9.17, 15) is 4.79 Å². The van der Waals surface area contributed by atoms with Gasteiger partial charge in [0, 0.05) is 7.05 Å². The summed E-state index contributed by atoms with van der Waals surface area (Å²) in [6.45, 7) is 7.83. The van der Waals surface area contributed by atoms with Gasteiger partial charge in [-0.25, -0.2) is 0 Å². The molecule has 0 spiro atoms. The highest BCUT2D eigenvalue weighted by Crippen LogP contribution is 2.21. The third kappa shape index (κ3) is 2.64. The third-order valence-corrected chi connectivity index (χ3v) is 4.07. The predicted molar refractivity (Wildman–Crippen MR) is 68.9 cm³/mol. The van der Waals surface area contributed by atoms with Crippen molar-refractivity contribution in [3.8, 4) is 0 Å². The van der Waals surface area contributed by atoms with E-state index in [1.165, 1.54) is 0 Å². The molecule has 0 saturated heterocycles. The highest BCUT2D eigenvalue weighted by Gasteiger charge is 2.21. The van der Waals surface area contributed by atoms with Crippen LogP contribution in [0.15, 0.2) is 0 Å². The molecule has 1 amide bonds. The second-order valence-corrected chi connectivity index (χ2v) is 5.29. The van der Waals surface area contributed by atoms with Crippen LogP contribution in [-0.2, 0) is 11.8 Å². The van der Waals surface area contributed by atoms with Crippen molar-refractivity contribution in [3.05, 3.63) is 11.4 Å². The molecular formula is C11H18BrN3O. The van der Waals surface area contributed by atoms with Crippen LogP contribution in [-0.4, -0.2) is 20.5 Å². The predicted octanol–water partition coefficient (Wildman–Crippen LogP) is 2.39. The quantitative estimate of drug-likeness (QED) is 0.868. The number of aryl methyl sites for hydroxylation is 2.